The van der Waals surface area contributed by atoms with E-state index in [1.165, 1.54) is 17.7 Å². The average molecular weight is 412 g/mol. The highest BCUT2D eigenvalue weighted by atomic mass is 32.2. The maximum Gasteiger partial charge on any atom is 0.253 e. The topological polar surface area (TPSA) is 49.0 Å². The Balaban J connectivity index is 1.48. The summed E-state index contributed by atoms with van der Waals surface area (Å²) in [5, 5.41) is 7.32. The van der Waals surface area contributed by atoms with Gasteiger partial charge in [-0.2, -0.15) is 16.9 Å². The van der Waals surface area contributed by atoms with Crippen molar-refractivity contribution < 1.29 is 9.18 Å². The predicted molar refractivity (Wildman–Crippen MR) is 118 cm³/mol. The van der Waals surface area contributed by atoms with Gasteiger partial charge in [0.1, 0.15) is 5.82 Å². The highest BCUT2D eigenvalue weighted by Crippen LogP contribution is 2.19. The maximum atomic E-state index is 13.0. The van der Waals surface area contributed by atoms with E-state index in [-0.39, 0.29) is 11.7 Å². The molecule has 1 heterocycles. The number of aryl methyl sites for hydroxylation is 1. The van der Waals surface area contributed by atoms with Crippen molar-refractivity contribution in [3.05, 3.63) is 77.2 Å². The van der Waals surface area contributed by atoms with Gasteiger partial charge >= 0.3 is 0 Å². The van der Waals surface area contributed by atoms with Gasteiger partial charge < -0.3 is 4.90 Å². The van der Waals surface area contributed by atoms with Crippen LogP contribution in [-0.2, 0) is 12.2 Å². The summed E-state index contributed by atoms with van der Waals surface area (Å²) >= 11 is 1.87. The molecule has 152 valence electrons. The molecule has 0 aliphatic carbocycles. The van der Waals surface area contributed by atoms with Crippen molar-refractivity contribution in [3.63, 3.8) is 0 Å². The molecule has 4 nitrogen and oxygen atoms in total. The van der Waals surface area contributed by atoms with Gasteiger partial charge in [-0.25, -0.2) is 4.39 Å². The first-order valence-electron chi connectivity index (χ1n) is 9.79. The normalized spacial score (nSPS) is 10.9. The lowest BCUT2D eigenvalue weighted by atomic mass is 10.1. The van der Waals surface area contributed by atoms with E-state index >= 15 is 0 Å². The summed E-state index contributed by atoms with van der Waals surface area (Å²) in [7, 11) is 1.83. The summed E-state index contributed by atoms with van der Waals surface area (Å²) in [5.41, 5.74) is 4.64. The van der Waals surface area contributed by atoms with Crippen LogP contribution in [0.1, 0.15) is 35.0 Å². The van der Waals surface area contributed by atoms with E-state index in [1.807, 2.05) is 49.1 Å². The number of halogens is 1. The van der Waals surface area contributed by atoms with Gasteiger partial charge in [0, 0.05) is 36.2 Å². The molecule has 1 aromatic heterocycles. The molecule has 3 aromatic rings. The molecule has 1 amide bonds. The molecule has 6 heteroatoms. The van der Waals surface area contributed by atoms with E-state index in [1.54, 1.807) is 17.0 Å². The lowest BCUT2D eigenvalue weighted by Crippen LogP contribution is -2.28. The Hall–Kier alpha value is -2.60. The third-order valence-corrected chi connectivity index (χ3v) is 5.68. The Morgan fingerprint density at radius 3 is 2.55 bits per heavy atom. The number of hydrogen-bond donors (Lipinski definition) is 1. The number of amides is 1. The molecular weight excluding hydrogens is 385 g/mol. The molecule has 2 aromatic carbocycles. The first-order valence-corrected chi connectivity index (χ1v) is 10.9. The van der Waals surface area contributed by atoms with Crippen LogP contribution in [0.2, 0.25) is 0 Å². The molecule has 0 saturated carbocycles. The minimum atomic E-state index is -0.258. The van der Waals surface area contributed by atoms with Crippen molar-refractivity contribution in [2.24, 2.45) is 0 Å². The highest BCUT2D eigenvalue weighted by Gasteiger charge is 2.12. The zero-order valence-electron chi connectivity index (χ0n) is 16.8. The van der Waals surface area contributed by atoms with Crippen LogP contribution in [-0.4, -0.2) is 40.3 Å². The summed E-state index contributed by atoms with van der Waals surface area (Å²) < 4.78 is 13.0. The predicted octanol–water partition coefficient (Wildman–Crippen LogP) is 5.17. The van der Waals surface area contributed by atoms with Gasteiger partial charge in [-0.05, 0) is 66.6 Å². The van der Waals surface area contributed by atoms with Gasteiger partial charge in [-0.3, -0.25) is 9.89 Å². The minimum Gasteiger partial charge on any atom is -0.342 e. The Kier molecular flexibility index (Phi) is 7.47. The third kappa shape index (κ3) is 5.94. The lowest BCUT2D eigenvalue weighted by Gasteiger charge is -2.17. The van der Waals surface area contributed by atoms with Crippen LogP contribution in [0.3, 0.4) is 0 Å². The van der Waals surface area contributed by atoms with Gasteiger partial charge in [0.2, 0.25) is 0 Å². The highest BCUT2D eigenvalue weighted by molar-refractivity contribution is 7.98. The van der Waals surface area contributed by atoms with Gasteiger partial charge in [-0.15, -0.1) is 0 Å². The quantitative estimate of drug-likeness (QED) is 0.528. The largest absolute Gasteiger partial charge is 0.342 e. The number of thioether (sulfide) groups is 1. The van der Waals surface area contributed by atoms with Crippen LogP contribution in [0, 0.1) is 5.82 Å². The van der Waals surface area contributed by atoms with Crippen LogP contribution >= 0.6 is 11.8 Å². The number of nitrogens with zero attached hydrogens (tertiary/aromatic N) is 2. The molecule has 29 heavy (non-hydrogen) atoms. The second-order valence-electron chi connectivity index (χ2n) is 6.95. The SMILES string of the molecule is CCSCc1ccc(C(=O)N(C)CCCc2cc(-c3ccc(F)cc3)n[nH]2)cc1. The van der Waals surface area contributed by atoms with Crippen molar-refractivity contribution in [1.82, 2.24) is 15.1 Å². The van der Waals surface area contributed by atoms with Crippen LogP contribution in [0.25, 0.3) is 11.3 Å². The van der Waals surface area contributed by atoms with Crippen LogP contribution < -0.4 is 0 Å². The summed E-state index contributed by atoms with van der Waals surface area (Å²) in [4.78, 5) is 14.4. The number of rotatable bonds is 9. The van der Waals surface area contributed by atoms with Crippen molar-refractivity contribution in [3.8, 4) is 11.3 Å². The van der Waals surface area contributed by atoms with Gasteiger partial charge in [0.15, 0.2) is 0 Å². The Morgan fingerprint density at radius 2 is 1.86 bits per heavy atom. The monoisotopic (exact) mass is 411 g/mol. The van der Waals surface area contributed by atoms with Crippen molar-refractivity contribution in [1.29, 1.82) is 0 Å². The second-order valence-corrected chi connectivity index (χ2v) is 8.22. The number of aromatic amines is 1. The Labute approximate surface area is 175 Å². The van der Waals surface area contributed by atoms with Crippen molar-refractivity contribution >= 4 is 17.7 Å². The number of carbonyl (C=O) groups is 1. The maximum absolute atomic E-state index is 13.0. The lowest BCUT2D eigenvalue weighted by molar-refractivity contribution is 0.0793. The second kappa shape index (κ2) is 10.3. The smallest absolute Gasteiger partial charge is 0.253 e. The number of carbonyl (C=O) groups excluding carboxylic acids is 1. The molecule has 0 fully saturated rings. The molecule has 0 spiro atoms. The summed E-state index contributed by atoms with van der Waals surface area (Å²) in [6.45, 7) is 2.81. The summed E-state index contributed by atoms with van der Waals surface area (Å²) in [5.74, 6) is 1.85. The zero-order valence-corrected chi connectivity index (χ0v) is 17.6. The van der Waals surface area contributed by atoms with Crippen LogP contribution in [0.4, 0.5) is 4.39 Å². The fraction of sp³-hybridized carbons (Fsp3) is 0.304. The number of aromatic nitrogens is 2. The molecular formula is C23H26FN3OS. The molecule has 0 saturated heterocycles. The van der Waals surface area contributed by atoms with Gasteiger partial charge in [0.25, 0.3) is 5.91 Å². The third-order valence-electron chi connectivity index (χ3n) is 4.73. The van der Waals surface area contributed by atoms with Crippen molar-refractivity contribution in [2.45, 2.75) is 25.5 Å². The molecule has 0 bridgehead atoms. The van der Waals surface area contributed by atoms with Gasteiger partial charge in [-0.1, -0.05) is 19.1 Å². The van der Waals surface area contributed by atoms with Crippen LogP contribution in [0.5, 0.6) is 0 Å². The average Bonchev–Trinajstić information content (AvgIpc) is 3.21. The molecule has 0 aliphatic heterocycles. The Bertz CT molecular complexity index is 922. The fourth-order valence-corrected chi connectivity index (χ4v) is 3.68. The summed E-state index contributed by atoms with van der Waals surface area (Å²) in [6.07, 6.45) is 1.62. The molecule has 1 N–H and O–H groups in total. The van der Waals surface area contributed by atoms with Crippen LogP contribution in [0.15, 0.2) is 54.6 Å². The first kappa shape index (κ1) is 21.1. The minimum absolute atomic E-state index is 0.0382. The first-order chi connectivity index (χ1) is 14.1. The molecule has 0 radical (unpaired) electrons. The number of benzene rings is 2. The molecule has 0 atom stereocenters. The van der Waals surface area contributed by atoms with E-state index in [2.05, 4.69) is 17.1 Å². The van der Waals surface area contributed by atoms with Gasteiger partial charge in [0.05, 0.1) is 5.69 Å². The van der Waals surface area contributed by atoms with E-state index in [4.69, 9.17) is 0 Å². The standard InChI is InChI=1S/C23H26FN3OS/c1-3-29-16-17-6-8-19(9-7-17)23(28)27(2)14-4-5-21-15-22(26-25-21)18-10-12-20(24)13-11-18/h6-13,15H,3-5,14,16H2,1-2H3,(H,25,26). The number of H-pyrrole nitrogens is 1. The Morgan fingerprint density at radius 1 is 1.14 bits per heavy atom. The van der Waals surface area contributed by atoms with Crippen molar-refractivity contribution in [2.75, 3.05) is 19.3 Å². The number of hydrogen-bond acceptors (Lipinski definition) is 3. The van der Waals surface area contributed by atoms with E-state index in [0.29, 0.717) is 6.54 Å². The summed E-state index contributed by atoms with van der Waals surface area (Å²) in [6, 6.07) is 16.2. The molecule has 0 aliphatic rings. The van der Waals surface area contributed by atoms with E-state index in [0.717, 1.165) is 46.9 Å². The zero-order chi connectivity index (χ0) is 20.6. The van der Waals surface area contributed by atoms with E-state index in [9.17, 15) is 9.18 Å². The number of nitrogens with one attached hydrogen (secondary N) is 1. The molecule has 0 unspecified atom stereocenters. The van der Waals surface area contributed by atoms with E-state index < -0.39 is 0 Å². The molecule has 3 rings (SSSR count). The fourth-order valence-electron chi connectivity index (χ4n) is 3.05.